The second kappa shape index (κ2) is 6.53. The van der Waals surface area contributed by atoms with Crippen LogP contribution < -0.4 is 0 Å². The summed E-state index contributed by atoms with van der Waals surface area (Å²) in [5.41, 5.74) is -0.0409. The van der Waals surface area contributed by atoms with Crippen LogP contribution in [0, 0.1) is 0 Å². The van der Waals surface area contributed by atoms with Gasteiger partial charge in [-0.05, 0) is 72.3 Å². The van der Waals surface area contributed by atoms with E-state index < -0.39 is 0 Å². The van der Waals surface area contributed by atoms with Crippen LogP contribution in [0.25, 0.3) is 0 Å². The molecule has 0 saturated carbocycles. The third-order valence-corrected chi connectivity index (χ3v) is 7.28. The van der Waals surface area contributed by atoms with Crippen molar-refractivity contribution in [2.24, 2.45) is 0 Å². The van der Waals surface area contributed by atoms with E-state index >= 15 is 0 Å². The van der Waals surface area contributed by atoms with Gasteiger partial charge in [0.15, 0.2) is 0 Å². The van der Waals surface area contributed by atoms with Gasteiger partial charge in [0, 0.05) is 37.8 Å². The molecule has 24 heavy (non-hydrogen) atoms. The molecule has 138 valence electrons. The van der Waals surface area contributed by atoms with Gasteiger partial charge in [0.25, 0.3) is 0 Å². The van der Waals surface area contributed by atoms with E-state index in [-0.39, 0.29) is 5.60 Å². The fraction of sp³-hybridized carbons (Fsp3) is 1.00. The van der Waals surface area contributed by atoms with Crippen LogP contribution in [0.5, 0.6) is 0 Å². The Kier molecular flexibility index (Phi) is 4.70. The van der Waals surface area contributed by atoms with Crippen molar-refractivity contribution in [1.82, 2.24) is 9.80 Å². The van der Waals surface area contributed by atoms with E-state index in [0.717, 1.165) is 18.6 Å². The highest BCUT2D eigenvalue weighted by atomic mass is 16.5. The Morgan fingerprint density at radius 2 is 1.33 bits per heavy atom. The first kappa shape index (κ1) is 17.3. The SMILES string of the molecule is CO[C@H]1C[C@H]2CC[C@@H](C1)N2CC(C)(C)O[C@@H]1C[C@H]2CC[C@@H](C1)N2C. The van der Waals surface area contributed by atoms with Crippen LogP contribution in [0.1, 0.15) is 65.2 Å². The standard InChI is InChI=1S/C20H36N2O2/c1-20(2,24-19-9-14-5-6-15(10-19)21(14)3)13-22-16-7-8-17(22)12-18(11-16)23-4/h14-19H,5-13H2,1-4H3/t14-,15+,16-,17+,18+,19-. The van der Waals surface area contributed by atoms with Gasteiger partial charge in [-0.25, -0.2) is 0 Å². The molecule has 0 aromatic heterocycles. The smallest absolute Gasteiger partial charge is 0.0756 e. The van der Waals surface area contributed by atoms with Crippen molar-refractivity contribution in [3.8, 4) is 0 Å². The first-order valence-electron chi connectivity index (χ1n) is 10.1. The molecule has 4 saturated heterocycles. The summed E-state index contributed by atoms with van der Waals surface area (Å²) in [6.45, 7) is 5.71. The Morgan fingerprint density at radius 3 is 1.88 bits per heavy atom. The molecule has 4 nitrogen and oxygen atoms in total. The van der Waals surface area contributed by atoms with E-state index in [2.05, 4.69) is 30.7 Å². The Labute approximate surface area is 147 Å². The zero-order chi connectivity index (χ0) is 16.9. The maximum Gasteiger partial charge on any atom is 0.0756 e. The minimum absolute atomic E-state index is 0.0409. The zero-order valence-corrected chi connectivity index (χ0v) is 16.0. The largest absolute Gasteiger partial charge is 0.381 e. The molecule has 4 aliphatic rings. The summed E-state index contributed by atoms with van der Waals surface area (Å²) in [5, 5.41) is 0. The molecule has 6 atom stereocenters. The number of hydrogen-bond donors (Lipinski definition) is 0. The van der Waals surface area contributed by atoms with Gasteiger partial charge in [-0.2, -0.15) is 0 Å². The van der Waals surface area contributed by atoms with Gasteiger partial charge in [0.2, 0.25) is 0 Å². The number of methoxy groups -OCH3 is 1. The molecule has 0 unspecified atom stereocenters. The molecular weight excluding hydrogens is 300 g/mol. The highest BCUT2D eigenvalue weighted by molar-refractivity contribution is 4.99. The molecule has 4 heteroatoms. The molecule has 0 aromatic carbocycles. The average Bonchev–Trinajstić information content (AvgIpc) is 2.89. The second-order valence-electron chi connectivity index (χ2n) is 9.41. The van der Waals surface area contributed by atoms with Gasteiger partial charge in [-0.1, -0.05) is 0 Å². The van der Waals surface area contributed by atoms with Gasteiger partial charge >= 0.3 is 0 Å². The average molecular weight is 337 g/mol. The van der Waals surface area contributed by atoms with Crippen LogP contribution in [0.2, 0.25) is 0 Å². The van der Waals surface area contributed by atoms with Gasteiger partial charge in [-0.3, -0.25) is 4.90 Å². The molecule has 4 rings (SSSR count). The summed E-state index contributed by atoms with van der Waals surface area (Å²) in [5.74, 6) is 0. The molecule has 4 aliphatic heterocycles. The molecule has 0 spiro atoms. The van der Waals surface area contributed by atoms with Crippen molar-refractivity contribution in [2.45, 2.75) is 107 Å². The Hall–Kier alpha value is -0.160. The lowest BCUT2D eigenvalue weighted by molar-refractivity contribution is -0.124. The second-order valence-corrected chi connectivity index (χ2v) is 9.41. The fourth-order valence-corrected chi connectivity index (χ4v) is 6.06. The Bertz CT molecular complexity index is 427. The van der Waals surface area contributed by atoms with Crippen LogP contribution in [-0.4, -0.2) is 72.5 Å². The van der Waals surface area contributed by atoms with Crippen molar-refractivity contribution in [2.75, 3.05) is 20.7 Å². The maximum atomic E-state index is 6.69. The third-order valence-electron chi connectivity index (χ3n) is 7.28. The monoisotopic (exact) mass is 336 g/mol. The lowest BCUT2D eigenvalue weighted by Gasteiger charge is -2.45. The molecule has 4 bridgehead atoms. The molecule has 0 aliphatic carbocycles. The third kappa shape index (κ3) is 3.27. The summed E-state index contributed by atoms with van der Waals surface area (Å²) < 4.78 is 12.3. The first-order chi connectivity index (χ1) is 11.4. The van der Waals surface area contributed by atoms with Crippen molar-refractivity contribution in [3.05, 3.63) is 0 Å². The van der Waals surface area contributed by atoms with E-state index in [1.807, 2.05) is 7.11 Å². The molecule has 0 amide bonds. The van der Waals surface area contributed by atoms with Crippen molar-refractivity contribution in [1.29, 1.82) is 0 Å². The van der Waals surface area contributed by atoms with Crippen LogP contribution in [0.3, 0.4) is 0 Å². The summed E-state index contributed by atoms with van der Waals surface area (Å²) in [6, 6.07) is 2.95. The van der Waals surface area contributed by atoms with Crippen LogP contribution in [0.15, 0.2) is 0 Å². The summed E-state index contributed by atoms with van der Waals surface area (Å²) in [4.78, 5) is 5.35. The Balaban J connectivity index is 1.34. The maximum absolute atomic E-state index is 6.69. The zero-order valence-electron chi connectivity index (χ0n) is 16.0. The van der Waals surface area contributed by atoms with E-state index in [0.29, 0.717) is 24.3 Å². The number of nitrogens with zero attached hydrogens (tertiary/aromatic N) is 2. The predicted molar refractivity (Wildman–Crippen MR) is 96.3 cm³/mol. The molecule has 4 fully saturated rings. The van der Waals surface area contributed by atoms with Crippen molar-refractivity contribution >= 4 is 0 Å². The van der Waals surface area contributed by atoms with E-state index in [4.69, 9.17) is 9.47 Å². The van der Waals surface area contributed by atoms with Crippen molar-refractivity contribution in [3.63, 3.8) is 0 Å². The fourth-order valence-electron chi connectivity index (χ4n) is 6.06. The quantitative estimate of drug-likeness (QED) is 0.770. The summed E-state index contributed by atoms with van der Waals surface area (Å²) >= 11 is 0. The molecule has 0 aromatic rings. The van der Waals surface area contributed by atoms with Gasteiger partial charge in [0.1, 0.15) is 0 Å². The van der Waals surface area contributed by atoms with Gasteiger partial charge < -0.3 is 14.4 Å². The van der Waals surface area contributed by atoms with Gasteiger partial charge in [-0.15, -0.1) is 0 Å². The van der Waals surface area contributed by atoms with Gasteiger partial charge in [0.05, 0.1) is 17.8 Å². The number of fused-ring (bicyclic) bond motifs is 4. The summed E-state index contributed by atoms with van der Waals surface area (Å²) in [6.07, 6.45) is 11.3. The van der Waals surface area contributed by atoms with Crippen LogP contribution >= 0.6 is 0 Å². The predicted octanol–water partition coefficient (Wildman–Crippen LogP) is 3.05. The number of ether oxygens (including phenoxy) is 2. The molecular formula is C20H36N2O2. The lowest BCUT2D eigenvalue weighted by atomic mass is 9.96. The lowest BCUT2D eigenvalue weighted by Crippen LogP contribution is -2.53. The van der Waals surface area contributed by atoms with E-state index in [1.54, 1.807) is 0 Å². The number of piperidine rings is 2. The normalized spacial score (nSPS) is 43.5. The highest BCUT2D eigenvalue weighted by Crippen LogP contribution is 2.40. The van der Waals surface area contributed by atoms with E-state index in [9.17, 15) is 0 Å². The number of rotatable bonds is 5. The molecule has 0 radical (unpaired) electrons. The molecule has 4 heterocycles. The van der Waals surface area contributed by atoms with Crippen molar-refractivity contribution < 1.29 is 9.47 Å². The Morgan fingerprint density at radius 1 is 0.833 bits per heavy atom. The van der Waals surface area contributed by atoms with Crippen LogP contribution in [-0.2, 0) is 9.47 Å². The molecule has 0 N–H and O–H groups in total. The van der Waals surface area contributed by atoms with E-state index in [1.165, 1.54) is 51.4 Å². The minimum atomic E-state index is -0.0409. The highest BCUT2D eigenvalue weighted by Gasteiger charge is 2.45. The number of hydrogen-bond acceptors (Lipinski definition) is 4. The summed E-state index contributed by atoms with van der Waals surface area (Å²) in [7, 11) is 4.18. The van der Waals surface area contributed by atoms with Crippen LogP contribution in [0.4, 0.5) is 0 Å². The first-order valence-corrected chi connectivity index (χ1v) is 10.1. The minimum Gasteiger partial charge on any atom is -0.381 e. The topological polar surface area (TPSA) is 24.9 Å².